The second-order valence-corrected chi connectivity index (χ2v) is 5.00. The molecule has 0 bridgehead atoms. The average Bonchev–Trinajstić information content (AvgIpc) is 2.92. The van der Waals surface area contributed by atoms with Crippen LogP contribution in [0.2, 0.25) is 0 Å². The molecule has 104 valence electrons. The molecule has 0 aliphatic heterocycles. The number of carboxylic acid groups (broad SMARTS) is 1. The topological polar surface area (TPSA) is 92.5 Å². The molecule has 1 aromatic carbocycles. The summed E-state index contributed by atoms with van der Waals surface area (Å²) in [6, 6.07) is 5.47. The van der Waals surface area contributed by atoms with Crippen molar-refractivity contribution in [1.82, 2.24) is 0 Å². The zero-order valence-electron chi connectivity index (χ0n) is 10.6. The summed E-state index contributed by atoms with van der Waals surface area (Å²) in [4.78, 5) is 21.4. The van der Waals surface area contributed by atoms with E-state index in [9.17, 15) is 14.9 Å². The van der Waals surface area contributed by atoms with E-state index in [-0.39, 0.29) is 23.0 Å². The van der Waals surface area contributed by atoms with E-state index in [0.717, 1.165) is 5.56 Å². The molecule has 7 heteroatoms. The summed E-state index contributed by atoms with van der Waals surface area (Å²) in [5.74, 6) is -1.12. The first-order chi connectivity index (χ1) is 9.49. The zero-order valence-corrected chi connectivity index (χ0v) is 11.4. The van der Waals surface area contributed by atoms with Gasteiger partial charge in [0.15, 0.2) is 0 Å². The highest BCUT2D eigenvalue weighted by Crippen LogP contribution is 2.29. The molecule has 1 heterocycles. The fourth-order valence-electron chi connectivity index (χ4n) is 1.78. The van der Waals surface area contributed by atoms with Gasteiger partial charge in [0.1, 0.15) is 5.69 Å². The van der Waals surface area contributed by atoms with Gasteiger partial charge in [0.2, 0.25) is 0 Å². The maximum absolute atomic E-state index is 11.0. The normalized spacial score (nSPS) is 11.8. The van der Waals surface area contributed by atoms with Gasteiger partial charge in [-0.15, -0.1) is 0 Å². The lowest BCUT2D eigenvalue weighted by Crippen LogP contribution is -2.09. The van der Waals surface area contributed by atoms with Crippen LogP contribution in [0.5, 0.6) is 0 Å². The number of nitrogens with zero attached hydrogens (tertiary/aromatic N) is 1. The molecular weight excluding hydrogens is 280 g/mol. The van der Waals surface area contributed by atoms with Crippen LogP contribution in [0.1, 0.15) is 28.9 Å². The van der Waals surface area contributed by atoms with Crippen LogP contribution in [0.3, 0.4) is 0 Å². The lowest BCUT2D eigenvalue weighted by Gasteiger charge is -2.14. The average molecular weight is 292 g/mol. The van der Waals surface area contributed by atoms with E-state index in [1.807, 2.05) is 23.8 Å². The summed E-state index contributed by atoms with van der Waals surface area (Å²) in [5.41, 5.74) is 1.06. The molecule has 1 atom stereocenters. The van der Waals surface area contributed by atoms with E-state index in [0.29, 0.717) is 0 Å². The van der Waals surface area contributed by atoms with Crippen LogP contribution < -0.4 is 5.32 Å². The molecule has 0 aliphatic rings. The highest BCUT2D eigenvalue weighted by atomic mass is 32.1. The molecule has 0 spiro atoms. The van der Waals surface area contributed by atoms with Crippen molar-refractivity contribution in [1.29, 1.82) is 0 Å². The molecule has 0 aliphatic carbocycles. The van der Waals surface area contributed by atoms with Gasteiger partial charge in [0.25, 0.3) is 5.69 Å². The molecule has 0 amide bonds. The molecule has 1 unspecified atom stereocenters. The Kier molecular flexibility index (Phi) is 3.99. The Hall–Kier alpha value is -2.41. The summed E-state index contributed by atoms with van der Waals surface area (Å²) >= 11 is 1.53. The Labute approximate surface area is 118 Å². The van der Waals surface area contributed by atoms with Crippen LogP contribution in [-0.4, -0.2) is 16.0 Å². The van der Waals surface area contributed by atoms with Crippen molar-refractivity contribution in [3.63, 3.8) is 0 Å². The largest absolute Gasteiger partial charge is 0.478 e. The smallest absolute Gasteiger partial charge is 0.335 e. The lowest BCUT2D eigenvalue weighted by molar-refractivity contribution is -0.384. The summed E-state index contributed by atoms with van der Waals surface area (Å²) in [7, 11) is 0. The first-order valence-corrected chi connectivity index (χ1v) is 6.73. The highest BCUT2D eigenvalue weighted by molar-refractivity contribution is 7.07. The van der Waals surface area contributed by atoms with Gasteiger partial charge in [-0.1, -0.05) is 0 Å². The fraction of sp³-hybridized carbons (Fsp3) is 0.154. The van der Waals surface area contributed by atoms with Gasteiger partial charge < -0.3 is 10.4 Å². The third-order valence-electron chi connectivity index (χ3n) is 2.86. The third kappa shape index (κ3) is 2.94. The second kappa shape index (κ2) is 5.70. The number of aromatic carboxylic acids is 1. The van der Waals surface area contributed by atoms with E-state index in [1.165, 1.54) is 29.5 Å². The summed E-state index contributed by atoms with van der Waals surface area (Å²) < 4.78 is 0. The second-order valence-electron chi connectivity index (χ2n) is 4.22. The first-order valence-electron chi connectivity index (χ1n) is 5.79. The maximum atomic E-state index is 11.0. The molecular formula is C13H12N2O4S. The van der Waals surface area contributed by atoms with Gasteiger partial charge in [0, 0.05) is 12.1 Å². The SMILES string of the molecule is CC(Nc1cc(C(=O)O)ccc1[N+](=O)[O-])c1ccsc1. The van der Waals surface area contributed by atoms with Gasteiger partial charge in [-0.25, -0.2) is 4.79 Å². The molecule has 2 aromatic rings. The number of anilines is 1. The van der Waals surface area contributed by atoms with Gasteiger partial charge in [-0.2, -0.15) is 11.3 Å². The number of thiophene rings is 1. The van der Waals surface area contributed by atoms with Crippen LogP contribution in [0.25, 0.3) is 0 Å². The van der Waals surface area contributed by atoms with E-state index in [4.69, 9.17) is 5.11 Å². The Balaban J connectivity index is 2.35. The number of nitro benzene ring substituents is 1. The van der Waals surface area contributed by atoms with Gasteiger partial charge in [0.05, 0.1) is 10.5 Å². The van der Waals surface area contributed by atoms with Crippen LogP contribution in [0.15, 0.2) is 35.0 Å². The predicted molar refractivity (Wildman–Crippen MR) is 76.4 cm³/mol. The van der Waals surface area contributed by atoms with E-state index in [1.54, 1.807) is 0 Å². The standard InChI is InChI=1S/C13H12N2O4S/c1-8(10-4-5-20-7-10)14-11-6-9(13(16)17)2-3-12(11)15(18)19/h2-8,14H,1H3,(H,16,17). The zero-order chi connectivity index (χ0) is 14.7. The number of rotatable bonds is 5. The van der Waals surface area contributed by atoms with Crippen LogP contribution in [0.4, 0.5) is 11.4 Å². The van der Waals surface area contributed by atoms with E-state index >= 15 is 0 Å². The van der Waals surface area contributed by atoms with Crippen LogP contribution in [0, 0.1) is 10.1 Å². The van der Waals surface area contributed by atoms with Gasteiger partial charge in [-0.3, -0.25) is 10.1 Å². The third-order valence-corrected chi connectivity index (χ3v) is 3.56. The lowest BCUT2D eigenvalue weighted by atomic mass is 10.1. The Morgan fingerprint density at radius 1 is 1.45 bits per heavy atom. The number of carboxylic acids is 1. The van der Waals surface area contributed by atoms with E-state index in [2.05, 4.69) is 5.32 Å². The first kappa shape index (κ1) is 14.0. The van der Waals surface area contributed by atoms with Crippen molar-refractivity contribution in [2.75, 3.05) is 5.32 Å². The highest BCUT2D eigenvalue weighted by Gasteiger charge is 2.18. The molecule has 6 nitrogen and oxygen atoms in total. The van der Waals surface area contributed by atoms with Crippen LogP contribution in [-0.2, 0) is 0 Å². The molecule has 20 heavy (non-hydrogen) atoms. The molecule has 2 rings (SSSR count). The molecule has 0 saturated carbocycles. The van der Waals surface area contributed by atoms with Crippen LogP contribution >= 0.6 is 11.3 Å². The fourth-order valence-corrected chi connectivity index (χ4v) is 2.54. The predicted octanol–water partition coefficient (Wildman–Crippen LogP) is 3.53. The van der Waals surface area contributed by atoms with Crippen molar-refractivity contribution < 1.29 is 14.8 Å². The number of hydrogen-bond acceptors (Lipinski definition) is 5. The number of nitro groups is 1. The quantitative estimate of drug-likeness (QED) is 0.649. The summed E-state index contributed by atoms with van der Waals surface area (Å²) in [6.07, 6.45) is 0. The molecule has 1 aromatic heterocycles. The van der Waals surface area contributed by atoms with Crippen molar-refractivity contribution in [3.05, 3.63) is 56.3 Å². The maximum Gasteiger partial charge on any atom is 0.335 e. The minimum atomic E-state index is -1.12. The van der Waals surface area contributed by atoms with Gasteiger partial charge in [-0.05, 0) is 41.4 Å². The van der Waals surface area contributed by atoms with Crippen molar-refractivity contribution >= 4 is 28.7 Å². The monoisotopic (exact) mass is 292 g/mol. The number of nitrogens with one attached hydrogen (secondary N) is 1. The Morgan fingerprint density at radius 2 is 2.20 bits per heavy atom. The van der Waals surface area contributed by atoms with Crippen molar-refractivity contribution in [2.45, 2.75) is 13.0 Å². The molecule has 0 fully saturated rings. The number of carbonyl (C=O) groups is 1. The molecule has 0 radical (unpaired) electrons. The minimum absolute atomic E-state index is 0.00983. The number of hydrogen-bond donors (Lipinski definition) is 2. The molecule has 0 saturated heterocycles. The summed E-state index contributed by atoms with van der Waals surface area (Å²) in [6.45, 7) is 1.86. The van der Waals surface area contributed by atoms with Crippen molar-refractivity contribution in [3.8, 4) is 0 Å². The Morgan fingerprint density at radius 3 is 2.75 bits per heavy atom. The van der Waals surface area contributed by atoms with E-state index < -0.39 is 10.9 Å². The molecule has 2 N–H and O–H groups in total. The summed E-state index contributed by atoms with van der Waals surface area (Å²) in [5, 5.41) is 26.8. The number of benzene rings is 1. The Bertz CT molecular complexity index is 640. The van der Waals surface area contributed by atoms with Gasteiger partial charge >= 0.3 is 5.97 Å². The minimum Gasteiger partial charge on any atom is -0.478 e. The van der Waals surface area contributed by atoms with Crippen molar-refractivity contribution in [2.24, 2.45) is 0 Å².